The number of rotatable bonds is 4. The summed E-state index contributed by atoms with van der Waals surface area (Å²) >= 11 is 0. The molecule has 1 N–H and O–H groups in total. The van der Waals surface area contributed by atoms with Crippen molar-refractivity contribution >= 4 is 11.0 Å². The summed E-state index contributed by atoms with van der Waals surface area (Å²) in [5, 5.41) is 0. The van der Waals surface area contributed by atoms with Gasteiger partial charge >= 0.3 is 5.69 Å². The molecule has 24 heavy (non-hydrogen) atoms. The second kappa shape index (κ2) is 6.65. The molecule has 1 aromatic heterocycles. The van der Waals surface area contributed by atoms with Gasteiger partial charge in [-0.3, -0.25) is 4.57 Å². The fourth-order valence-corrected chi connectivity index (χ4v) is 3.81. The molecule has 1 aliphatic heterocycles. The molecule has 4 nitrogen and oxygen atoms in total. The average molecular weight is 321 g/mol. The van der Waals surface area contributed by atoms with Gasteiger partial charge in [0.15, 0.2) is 0 Å². The molecule has 0 aliphatic carbocycles. The Balaban J connectivity index is 1.50. The smallest absolute Gasteiger partial charge is 0.306 e. The Hall–Kier alpha value is -2.33. The summed E-state index contributed by atoms with van der Waals surface area (Å²) in [4.78, 5) is 17.9. The van der Waals surface area contributed by atoms with Gasteiger partial charge in [-0.05, 0) is 43.5 Å². The third kappa shape index (κ3) is 3.02. The van der Waals surface area contributed by atoms with Gasteiger partial charge in [-0.1, -0.05) is 42.5 Å². The standard InChI is InChI=1S/C20H23N3O/c24-20-21-18-10-4-5-11-19(18)23(20)17-9-6-13-22(15-17)14-12-16-7-2-1-3-8-16/h1-5,7-8,10-11,17H,6,9,12-15H2,(H,21,24)/t17-/m1/s1. The number of benzene rings is 2. The van der Waals surface area contributed by atoms with Gasteiger partial charge in [0.05, 0.1) is 17.1 Å². The zero-order valence-electron chi connectivity index (χ0n) is 13.8. The number of aromatic amines is 1. The van der Waals surface area contributed by atoms with E-state index >= 15 is 0 Å². The molecule has 0 spiro atoms. The Morgan fingerprint density at radius 3 is 2.71 bits per heavy atom. The predicted octanol–water partition coefficient (Wildman–Crippen LogP) is 3.21. The molecule has 1 fully saturated rings. The number of hydrogen-bond donors (Lipinski definition) is 1. The lowest BCUT2D eigenvalue weighted by atomic mass is 10.0. The van der Waals surface area contributed by atoms with E-state index in [2.05, 4.69) is 40.2 Å². The summed E-state index contributed by atoms with van der Waals surface area (Å²) in [7, 11) is 0. The number of nitrogens with one attached hydrogen (secondary N) is 1. The molecular formula is C20H23N3O. The van der Waals surface area contributed by atoms with Crippen LogP contribution in [0.4, 0.5) is 0 Å². The number of H-pyrrole nitrogens is 1. The molecule has 1 saturated heterocycles. The molecule has 0 radical (unpaired) electrons. The number of fused-ring (bicyclic) bond motifs is 1. The SMILES string of the molecule is O=c1[nH]c2ccccc2n1[C@@H]1CCCN(CCc2ccccc2)C1. The maximum atomic E-state index is 12.4. The van der Waals surface area contributed by atoms with E-state index in [1.807, 2.05) is 28.8 Å². The zero-order valence-corrected chi connectivity index (χ0v) is 13.8. The van der Waals surface area contributed by atoms with E-state index in [9.17, 15) is 4.79 Å². The first kappa shape index (κ1) is 15.2. The van der Waals surface area contributed by atoms with Crippen molar-refractivity contribution in [1.82, 2.24) is 14.5 Å². The first-order chi connectivity index (χ1) is 11.8. The Kier molecular flexibility index (Phi) is 4.22. The monoisotopic (exact) mass is 321 g/mol. The van der Waals surface area contributed by atoms with Crippen molar-refractivity contribution in [3.05, 3.63) is 70.6 Å². The Labute approximate surface area is 141 Å². The lowest BCUT2D eigenvalue weighted by Gasteiger charge is -2.33. The molecule has 2 aromatic carbocycles. The highest BCUT2D eigenvalue weighted by Crippen LogP contribution is 2.24. The molecule has 2 heterocycles. The normalized spacial score (nSPS) is 18.9. The van der Waals surface area contributed by atoms with Crippen molar-refractivity contribution in [3.63, 3.8) is 0 Å². The lowest BCUT2D eigenvalue weighted by Crippen LogP contribution is -2.40. The second-order valence-electron chi connectivity index (χ2n) is 6.65. The summed E-state index contributed by atoms with van der Waals surface area (Å²) in [6.07, 6.45) is 3.28. The molecule has 1 aliphatic rings. The Bertz CT molecular complexity index is 865. The van der Waals surface area contributed by atoms with Gasteiger partial charge in [-0.25, -0.2) is 4.79 Å². The minimum absolute atomic E-state index is 0.0195. The van der Waals surface area contributed by atoms with E-state index in [0.717, 1.165) is 49.9 Å². The van der Waals surface area contributed by atoms with Crippen LogP contribution in [0.25, 0.3) is 11.0 Å². The molecular weight excluding hydrogens is 298 g/mol. The van der Waals surface area contributed by atoms with Crippen LogP contribution in [0.1, 0.15) is 24.4 Å². The molecule has 0 unspecified atom stereocenters. The van der Waals surface area contributed by atoms with Crippen LogP contribution in [0.2, 0.25) is 0 Å². The maximum Gasteiger partial charge on any atom is 0.326 e. The highest BCUT2D eigenvalue weighted by Gasteiger charge is 2.23. The number of aromatic nitrogens is 2. The summed E-state index contributed by atoms with van der Waals surface area (Å²) < 4.78 is 1.96. The fraction of sp³-hybridized carbons (Fsp3) is 0.350. The van der Waals surface area contributed by atoms with Crippen LogP contribution in [0.5, 0.6) is 0 Å². The van der Waals surface area contributed by atoms with Crippen molar-refractivity contribution < 1.29 is 0 Å². The van der Waals surface area contributed by atoms with Crippen LogP contribution >= 0.6 is 0 Å². The van der Waals surface area contributed by atoms with Gasteiger partial charge in [0.25, 0.3) is 0 Å². The zero-order chi connectivity index (χ0) is 16.4. The van der Waals surface area contributed by atoms with Crippen LogP contribution < -0.4 is 5.69 Å². The topological polar surface area (TPSA) is 41.0 Å². The summed E-state index contributed by atoms with van der Waals surface area (Å²) in [6, 6.07) is 18.9. The third-order valence-corrected chi connectivity index (χ3v) is 5.03. The van der Waals surface area contributed by atoms with E-state index in [0.29, 0.717) is 0 Å². The first-order valence-corrected chi connectivity index (χ1v) is 8.77. The number of hydrogen-bond acceptors (Lipinski definition) is 2. The van der Waals surface area contributed by atoms with Crippen LogP contribution in [0.15, 0.2) is 59.4 Å². The summed E-state index contributed by atoms with van der Waals surface area (Å²) in [5.41, 5.74) is 3.36. The third-order valence-electron chi connectivity index (χ3n) is 5.03. The second-order valence-corrected chi connectivity index (χ2v) is 6.65. The lowest BCUT2D eigenvalue weighted by molar-refractivity contribution is 0.179. The van der Waals surface area contributed by atoms with Crippen LogP contribution in [-0.4, -0.2) is 34.1 Å². The number of nitrogens with zero attached hydrogens (tertiary/aromatic N) is 2. The first-order valence-electron chi connectivity index (χ1n) is 8.77. The highest BCUT2D eigenvalue weighted by molar-refractivity contribution is 5.75. The van der Waals surface area contributed by atoms with Crippen LogP contribution in [-0.2, 0) is 6.42 Å². The molecule has 124 valence electrons. The number of likely N-dealkylation sites (tertiary alicyclic amines) is 1. The van der Waals surface area contributed by atoms with Gasteiger partial charge in [0.2, 0.25) is 0 Å². The van der Waals surface area contributed by atoms with E-state index in [4.69, 9.17) is 0 Å². The Morgan fingerprint density at radius 2 is 1.83 bits per heavy atom. The molecule has 0 bridgehead atoms. The summed E-state index contributed by atoms with van der Waals surface area (Å²) in [5.74, 6) is 0. The molecule has 0 amide bonds. The van der Waals surface area contributed by atoms with Gasteiger partial charge < -0.3 is 9.88 Å². The largest absolute Gasteiger partial charge is 0.326 e. The van der Waals surface area contributed by atoms with Crippen molar-refractivity contribution in [2.24, 2.45) is 0 Å². The Morgan fingerprint density at radius 1 is 1.04 bits per heavy atom. The number of piperidine rings is 1. The van der Waals surface area contributed by atoms with Gasteiger partial charge in [-0.15, -0.1) is 0 Å². The van der Waals surface area contributed by atoms with Crippen LogP contribution in [0, 0.1) is 0 Å². The molecule has 4 rings (SSSR count). The van der Waals surface area contributed by atoms with E-state index in [-0.39, 0.29) is 11.7 Å². The highest BCUT2D eigenvalue weighted by atomic mass is 16.1. The number of para-hydroxylation sites is 2. The molecule has 0 saturated carbocycles. The van der Waals surface area contributed by atoms with Crippen molar-refractivity contribution in [2.45, 2.75) is 25.3 Å². The summed E-state index contributed by atoms with van der Waals surface area (Å²) in [6.45, 7) is 3.13. The quantitative estimate of drug-likeness (QED) is 0.801. The molecule has 3 aromatic rings. The minimum Gasteiger partial charge on any atom is -0.306 e. The average Bonchev–Trinajstić information content (AvgIpc) is 2.97. The van der Waals surface area contributed by atoms with Gasteiger partial charge in [-0.2, -0.15) is 0 Å². The fourth-order valence-electron chi connectivity index (χ4n) is 3.81. The molecule has 4 heteroatoms. The van der Waals surface area contributed by atoms with E-state index in [1.165, 1.54) is 5.56 Å². The maximum absolute atomic E-state index is 12.4. The van der Waals surface area contributed by atoms with Gasteiger partial charge in [0, 0.05) is 13.1 Å². The minimum atomic E-state index is 0.0195. The number of imidazole rings is 1. The van der Waals surface area contributed by atoms with Crippen LogP contribution in [0.3, 0.4) is 0 Å². The van der Waals surface area contributed by atoms with Crippen molar-refractivity contribution in [3.8, 4) is 0 Å². The van der Waals surface area contributed by atoms with Crippen molar-refractivity contribution in [1.29, 1.82) is 0 Å². The molecule has 1 atom stereocenters. The van der Waals surface area contributed by atoms with Crippen molar-refractivity contribution in [2.75, 3.05) is 19.6 Å². The predicted molar refractivity (Wildman–Crippen MR) is 97.4 cm³/mol. The van der Waals surface area contributed by atoms with E-state index in [1.54, 1.807) is 0 Å². The van der Waals surface area contributed by atoms with E-state index < -0.39 is 0 Å². The van der Waals surface area contributed by atoms with Gasteiger partial charge in [0.1, 0.15) is 0 Å².